The Bertz CT molecular complexity index is 1010. The fourth-order valence-electron chi connectivity index (χ4n) is 2.69. The van der Waals surface area contributed by atoms with Crippen LogP contribution in [0, 0.1) is 0 Å². The van der Waals surface area contributed by atoms with Crippen molar-refractivity contribution in [1.82, 2.24) is 9.97 Å². The molecule has 7 heteroatoms. The monoisotopic (exact) mass is 376 g/mol. The van der Waals surface area contributed by atoms with Crippen LogP contribution in [0.2, 0.25) is 0 Å². The van der Waals surface area contributed by atoms with E-state index in [1.54, 1.807) is 31.5 Å². The molecule has 1 unspecified atom stereocenters. The number of aliphatic hydroxyl groups is 1. The molecule has 0 saturated heterocycles. The number of hydrogen-bond acceptors (Lipinski definition) is 7. The van der Waals surface area contributed by atoms with Crippen LogP contribution < -0.4 is 16.8 Å². The van der Waals surface area contributed by atoms with Gasteiger partial charge < -0.3 is 21.9 Å². The summed E-state index contributed by atoms with van der Waals surface area (Å²) in [7, 11) is 0. The number of rotatable bonds is 7. The van der Waals surface area contributed by atoms with Gasteiger partial charge in [0.05, 0.1) is 29.5 Å². The zero-order valence-corrected chi connectivity index (χ0v) is 15.7. The summed E-state index contributed by atoms with van der Waals surface area (Å²) in [6.07, 6.45) is 4.31. The van der Waals surface area contributed by atoms with Gasteiger partial charge in [-0.25, -0.2) is 4.98 Å². The summed E-state index contributed by atoms with van der Waals surface area (Å²) in [4.78, 5) is 13.1. The number of nitrogens with zero attached hydrogens (tertiary/aromatic N) is 3. The molecule has 6 N–H and O–H groups in total. The van der Waals surface area contributed by atoms with Crippen LogP contribution in [-0.4, -0.2) is 33.9 Å². The lowest BCUT2D eigenvalue weighted by Crippen LogP contribution is -2.07. The number of allylic oxidation sites excluding steroid dienone is 1. The van der Waals surface area contributed by atoms with E-state index in [0.29, 0.717) is 35.9 Å². The quantitative estimate of drug-likeness (QED) is 0.470. The number of nitrogens with two attached hydrogens (primary N) is 2. The van der Waals surface area contributed by atoms with Crippen molar-refractivity contribution in [2.75, 3.05) is 17.6 Å². The number of hydrogen-bond donors (Lipinski definition) is 4. The molecule has 2 aromatic heterocycles. The van der Waals surface area contributed by atoms with E-state index in [4.69, 9.17) is 11.5 Å². The molecule has 1 aromatic carbocycles. The number of benzene rings is 1. The molecule has 0 aliphatic rings. The van der Waals surface area contributed by atoms with Crippen molar-refractivity contribution in [2.24, 2.45) is 10.7 Å². The predicted molar refractivity (Wildman–Crippen MR) is 115 cm³/mol. The van der Waals surface area contributed by atoms with Crippen molar-refractivity contribution in [3.05, 3.63) is 66.1 Å². The highest BCUT2D eigenvalue weighted by molar-refractivity contribution is 6.09. The molecule has 0 aliphatic heterocycles. The Morgan fingerprint density at radius 2 is 2.14 bits per heavy atom. The molecule has 1 atom stereocenters. The average molecular weight is 376 g/mol. The third kappa shape index (κ3) is 4.83. The van der Waals surface area contributed by atoms with Gasteiger partial charge in [0.1, 0.15) is 5.82 Å². The maximum atomic E-state index is 9.32. The summed E-state index contributed by atoms with van der Waals surface area (Å²) in [5.41, 5.74) is 15.7. The fourth-order valence-corrected chi connectivity index (χ4v) is 2.69. The first-order valence-electron chi connectivity index (χ1n) is 9.01. The van der Waals surface area contributed by atoms with Crippen molar-refractivity contribution in [3.8, 4) is 0 Å². The topological polar surface area (TPSA) is 122 Å². The first kappa shape index (κ1) is 19.3. The molecule has 0 saturated carbocycles. The predicted octanol–water partition coefficient (Wildman–Crippen LogP) is 2.58. The van der Waals surface area contributed by atoms with E-state index in [9.17, 15) is 5.11 Å². The van der Waals surface area contributed by atoms with Gasteiger partial charge in [0.15, 0.2) is 0 Å². The minimum atomic E-state index is -0.510. The van der Waals surface area contributed by atoms with Gasteiger partial charge in [-0.1, -0.05) is 12.1 Å². The number of nitrogens with one attached hydrogen (secondary N) is 1. The number of nitrogen functional groups attached to an aromatic ring is 1. The lowest BCUT2D eigenvalue weighted by Gasteiger charge is -2.11. The van der Waals surface area contributed by atoms with Crippen LogP contribution in [-0.2, 0) is 6.54 Å². The maximum absolute atomic E-state index is 9.32. The second-order valence-electron chi connectivity index (χ2n) is 6.48. The lowest BCUT2D eigenvalue weighted by atomic mass is 10.1. The number of anilines is 2. The normalized spacial score (nSPS) is 13.1. The van der Waals surface area contributed by atoms with Crippen LogP contribution in [0.15, 0.2) is 59.9 Å². The van der Waals surface area contributed by atoms with Gasteiger partial charge in [0.25, 0.3) is 0 Å². The SMILES string of the molecule is CC(O)CN=CC(=CN)c1ccc(N)c(NCc2ccc3ncccc3c2)n1. The van der Waals surface area contributed by atoms with Crippen LogP contribution in [0.1, 0.15) is 18.2 Å². The van der Waals surface area contributed by atoms with Crippen LogP contribution in [0.4, 0.5) is 11.5 Å². The van der Waals surface area contributed by atoms with Crippen LogP contribution in [0.3, 0.4) is 0 Å². The summed E-state index contributed by atoms with van der Waals surface area (Å²) < 4.78 is 0. The van der Waals surface area contributed by atoms with E-state index in [1.807, 2.05) is 24.3 Å². The summed E-state index contributed by atoms with van der Waals surface area (Å²) in [5.74, 6) is 0.576. The molecule has 3 rings (SSSR count). The summed E-state index contributed by atoms with van der Waals surface area (Å²) in [6.45, 7) is 2.55. The molecule has 0 spiro atoms. The van der Waals surface area contributed by atoms with Gasteiger partial charge in [-0.05, 0) is 42.8 Å². The van der Waals surface area contributed by atoms with Gasteiger partial charge in [0.2, 0.25) is 0 Å². The van der Waals surface area contributed by atoms with Crippen LogP contribution >= 0.6 is 0 Å². The number of pyridine rings is 2. The molecule has 144 valence electrons. The van der Waals surface area contributed by atoms with E-state index in [-0.39, 0.29) is 0 Å². The van der Waals surface area contributed by atoms with Crippen molar-refractivity contribution < 1.29 is 5.11 Å². The van der Waals surface area contributed by atoms with E-state index in [2.05, 4.69) is 26.3 Å². The van der Waals surface area contributed by atoms with Crippen LogP contribution in [0.25, 0.3) is 16.5 Å². The van der Waals surface area contributed by atoms with E-state index in [0.717, 1.165) is 16.5 Å². The molecule has 28 heavy (non-hydrogen) atoms. The van der Waals surface area contributed by atoms with Crippen molar-refractivity contribution >= 4 is 34.2 Å². The average Bonchev–Trinajstić information content (AvgIpc) is 2.70. The van der Waals surface area contributed by atoms with E-state index < -0.39 is 6.10 Å². The molecule has 0 bridgehead atoms. The van der Waals surface area contributed by atoms with Gasteiger partial charge >= 0.3 is 0 Å². The van der Waals surface area contributed by atoms with Gasteiger partial charge in [-0.3, -0.25) is 9.98 Å². The van der Waals surface area contributed by atoms with Gasteiger partial charge in [0, 0.05) is 36.1 Å². The highest BCUT2D eigenvalue weighted by Gasteiger charge is 2.07. The highest BCUT2D eigenvalue weighted by atomic mass is 16.3. The molecular weight excluding hydrogens is 352 g/mol. The van der Waals surface area contributed by atoms with Gasteiger partial charge in [-0.2, -0.15) is 0 Å². The largest absolute Gasteiger partial charge is 0.404 e. The Morgan fingerprint density at radius 1 is 1.29 bits per heavy atom. The smallest absolute Gasteiger partial charge is 0.150 e. The third-order valence-corrected chi connectivity index (χ3v) is 4.13. The van der Waals surface area contributed by atoms with E-state index >= 15 is 0 Å². The van der Waals surface area contributed by atoms with Gasteiger partial charge in [-0.15, -0.1) is 0 Å². The lowest BCUT2D eigenvalue weighted by molar-refractivity contribution is 0.204. The molecular formula is C21H24N6O. The Morgan fingerprint density at radius 3 is 2.93 bits per heavy atom. The Labute approximate surface area is 163 Å². The zero-order chi connectivity index (χ0) is 19.9. The number of aromatic nitrogens is 2. The zero-order valence-electron chi connectivity index (χ0n) is 15.7. The molecule has 0 radical (unpaired) electrons. The standard InChI is InChI=1S/C21H24N6O/c1-14(28)11-24-13-17(10-22)20-7-5-18(23)21(27-20)26-12-15-4-6-19-16(9-15)3-2-8-25-19/h2-10,13-14,28H,11-12,22-23H2,1H3,(H,26,27). The first-order valence-corrected chi connectivity index (χ1v) is 9.01. The summed E-state index contributed by atoms with van der Waals surface area (Å²) >= 11 is 0. The van der Waals surface area contributed by atoms with Crippen LogP contribution in [0.5, 0.6) is 0 Å². The second-order valence-corrected chi connectivity index (χ2v) is 6.48. The Balaban J connectivity index is 1.76. The van der Waals surface area contributed by atoms with Crippen molar-refractivity contribution in [2.45, 2.75) is 19.6 Å². The minimum Gasteiger partial charge on any atom is -0.404 e. The number of fused-ring (bicyclic) bond motifs is 1. The van der Waals surface area contributed by atoms with E-state index in [1.165, 1.54) is 6.20 Å². The van der Waals surface area contributed by atoms with Crippen molar-refractivity contribution in [1.29, 1.82) is 0 Å². The second kappa shape index (κ2) is 8.96. The first-order chi connectivity index (χ1) is 13.6. The number of aliphatic imine (C=N–C) groups is 1. The summed E-state index contributed by atoms with van der Waals surface area (Å²) in [6, 6.07) is 13.6. The molecule has 0 aliphatic carbocycles. The third-order valence-electron chi connectivity index (χ3n) is 4.13. The minimum absolute atomic E-state index is 0.300. The molecule has 2 heterocycles. The molecule has 7 nitrogen and oxygen atoms in total. The Kier molecular flexibility index (Phi) is 6.18. The highest BCUT2D eigenvalue weighted by Crippen LogP contribution is 2.21. The molecule has 0 amide bonds. The molecule has 0 fully saturated rings. The number of aliphatic hydroxyl groups excluding tert-OH is 1. The maximum Gasteiger partial charge on any atom is 0.150 e. The van der Waals surface area contributed by atoms with Crippen molar-refractivity contribution in [3.63, 3.8) is 0 Å². The summed E-state index contributed by atoms with van der Waals surface area (Å²) in [5, 5.41) is 13.7. The fraction of sp³-hybridized carbons (Fsp3) is 0.190. The Hall–Kier alpha value is -3.45. The molecule has 3 aromatic rings.